The summed E-state index contributed by atoms with van der Waals surface area (Å²) in [7, 11) is 1.14. The van der Waals surface area contributed by atoms with E-state index < -0.39 is 47.4 Å². The maximum Gasteiger partial charge on any atom is 0.573 e. The van der Waals surface area contributed by atoms with E-state index in [1.54, 1.807) is 0 Å². The van der Waals surface area contributed by atoms with Crippen LogP contribution in [0, 0.1) is 11.7 Å². The lowest BCUT2D eigenvalue weighted by atomic mass is 9.78. The molecule has 0 bridgehead atoms. The van der Waals surface area contributed by atoms with E-state index in [1.165, 1.54) is 24.4 Å². The molecular weight excluding hydrogens is 577 g/mol. The van der Waals surface area contributed by atoms with Gasteiger partial charge in [-0.05, 0) is 73.6 Å². The van der Waals surface area contributed by atoms with E-state index in [2.05, 4.69) is 15.0 Å². The fourth-order valence-electron chi connectivity index (χ4n) is 4.72. The van der Waals surface area contributed by atoms with Gasteiger partial charge in [-0.15, -0.1) is 13.2 Å². The molecule has 0 spiro atoms. The van der Waals surface area contributed by atoms with Crippen molar-refractivity contribution in [3.05, 3.63) is 71.3 Å². The first-order valence-corrected chi connectivity index (χ1v) is 12.5. The quantitative estimate of drug-likeness (QED) is 0.210. The number of halogens is 7. The lowest BCUT2D eigenvalue weighted by Crippen LogP contribution is -2.27. The molecule has 1 saturated carbocycles. The Kier molecular flexibility index (Phi) is 8.92. The molecule has 0 atom stereocenters. The first kappa shape index (κ1) is 30.6. The van der Waals surface area contributed by atoms with Crippen LogP contribution in [-0.4, -0.2) is 36.8 Å². The zero-order valence-corrected chi connectivity index (χ0v) is 21.8. The molecular formula is C28H23F7N2O5. The smallest absolute Gasteiger partial charge is 0.493 e. The van der Waals surface area contributed by atoms with Crippen LogP contribution in [0.5, 0.6) is 23.0 Å². The van der Waals surface area contributed by atoms with Crippen molar-refractivity contribution in [3.63, 3.8) is 0 Å². The third-order valence-electron chi connectivity index (χ3n) is 6.71. The van der Waals surface area contributed by atoms with Crippen LogP contribution in [0.25, 0.3) is 0 Å². The van der Waals surface area contributed by atoms with Crippen molar-refractivity contribution >= 4 is 17.9 Å². The first-order chi connectivity index (χ1) is 19.8. The Bertz CT molecular complexity index is 1450. The highest BCUT2D eigenvalue weighted by Gasteiger charge is 2.42. The monoisotopic (exact) mass is 600 g/mol. The van der Waals surface area contributed by atoms with Gasteiger partial charge in [0, 0.05) is 18.0 Å². The van der Waals surface area contributed by atoms with Gasteiger partial charge in [-0.2, -0.15) is 13.2 Å². The van der Waals surface area contributed by atoms with Crippen molar-refractivity contribution in [1.82, 2.24) is 4.98 Å². The van der Waals surface area contributed by atoms with Crippen LogP contribution in [0.3, 0.4) is 0 Å². The molecule has 1 aliphatic rings. The second-order valence-electron chi connectivity index (χ2n) is 9.47. The Balaban J connectivity index is 1.71. The minimum atomic E-state index is -4.99. The third-order valence-corrected chi connectivity index (χ3v) is 6.71. The zero-order valence-electron chi connectivity index (χ0n) is 21.8. The standard InChI is InChI=1S/C28H23F7N2O5/c1-40-23-13-20(42-28(33,34)35)6-7-22(23)41-24-11-16(15-2-4-17(5-3-15)27(30,31)32)10-21(29)25(24)26(39)37-18-8-9-36-19(12-18)14-38/h6-15,17H,2-5H2,1H3,(H,36,37,39). The summed E-state index contributed by atoms with van der Waals surface area (Å²) < 4.78 is 108. The lowest BCUT2D eigenvalue weighted by molar-refractivity contribution is -0.274. The van der Waals surface area contributed by atoms with Crippen LogP contribution in [0.2, 0.25) is 0 Å². The molecule has 1 fully saturated rings. The number of rotatable bonds is 8. The van der Waals surface area contributed by atoms with Gasteiger partial charge in [0.05, 0.1) is 13.0 Å². The van der Waals surface area contributed by atoms with Crippen molar-refractivity contribution in [1.29, 1.82) is 0 Å². The van der Waals surface area contributed by atoms with Gasteiger partial charge >= 0.3 is 12.5 Å². The van der Waals surface area contributed by atoms with Crippen LogP contribution in [0.4, 0.5) is 36.4 Å². The van der Waals surface area contributed by atoms with E-state index >= 15 is 4.39 Å². The summed E-state index contributed by atoms with van der Waals surface area (Å²) in [6.45, 7) is 0. The number of nitrogens with zero attached hydrogens (tertiary/aromatic N) is 1. The maximum absolute atomic E-state index is 15.6. The topological polar surface area (TPSA) is 86.8 Å². The van der Waals surface area contributed by atoms with Crippen molar-refractivity contribution in [3.8, 4) is 23.0 Å². The number of hydrogen-bond donors (Lipinski definition) is 1. The van der Waals surface area contributed by atoms with E-state index in [0.717, 1.165) is 31.4 Å². The first-order valence-electron chi connectivity index (χ1n) is 12.5. The molecule has 0 radical (unpaired) electrons. The molecule has 0 unspecified atom stereocenters. The molecule has 42 heavy (non-hydrogen) atoms. The van der Waals surface area contributed by atoms with E-state index in [0.29, 0.717) is 6.29 Å². The van der Waals surface area contributed by atoms with Gasteiger partial charge < -0.3 is 19.5 Å². The molecule has 0 aliphatic heterocycles. The van der Waals surface area contributed by atoms with Crippen LogP contribution in [-0.2, 0) is 0 Å². The van der Waals surface area contributed by atoms with Gasteiger partial charge in [-0.25, -0.2) is 4.39 Å². The normalized spacial score (nSPS) is 17.3. The molecule has 7 nitrogen and oxygen atoms in total. The number of alkyl halides is 6. The number of carbonyl (C=O) groups is 2. The fourth-order valence-corrected chi connectivity index (χ4v) is 4.72. The fraction of sp³-hybridized carbons (Fsp3) is 0.321. The highest BCUT2D eigenvalue weighted by atomic mass is 19.4. The number of pyridine rings is 1. The van der Waals surface area contributed by atoms with Crippen molar-refractivity contribution in [2.45, 2.75) is 44.1 Å². The summed E-state index contributed by atoms with van der Waals surface area (Å²) in [6, 6.07) is 7.78. The van der Waals surface area contributed by atoms with E-state index in [1.807, 2.05) is 0 Å². The molecule has 2 aromatic carbocycles. The Labute approximate surface area is 234 Å². The van der Waals surface area contributed by atoms with E-state index in [4.69, 9.17) is 9.47 Å². The number of anilines is 1. The number of nitrogens with one attached hydrogen (secondary N) is 1. The molecule has 3 aromatic rings. The minimum Gasteiger partial charge on any atom is -0.493 e. The van der Waals surface area contributed by atoms with Crippen molar-refractivity contribution in [2.75, 3.05) is 12.4 Å². The molecule has 1 aromatic heterocycles. The van der Waals surface area contributed by atoms with Crippen LogP contribution < -0.4 is 19.5 Å². The summed E-state index contributed by atoms with van der Waals surface area (Å²) in [5.41, 5.74) is -0.239. The predicted octanol–water partition coefficient (Wildman–Crippen LogP) is 7.82. The lowest BCUT2D eigenvalue weighted by Gasteiger charge is -2.30. The number of aromatic nitrogens is 1. The number of ether oxygens (including phenoxy) is 3. The third kappa shape index (κ3) is 7.47. The molecule has 224 valence electrons. The molecule has 1 N–H and O–H groups in total. The predicted molar refractivity (Wildman–Crippen MR) is 134 cm³/mol. The molecule has 1 heterocycles. The van der Waals surface area contributed by atoms with E-state index in [-0.39, 0.29) is 59.9 Å². The second-order valence-corrected chi connectivity index (χ2v) is 9.47. The summed E-state index contributed by atoms with van der Waals surface area (Å²) >= 11 is 0. The minimum absolute atomic E-state index is 0.0135. The Morgan fingerprint density at radius 2 is 1.67 bits per heavy atom. The summed E-state index contributed by atoms with van der Waals surface area (Å²) in [4.78, 5) is 28.0. The highest BCUT2D eigenvalue weighted by Crippen LogP contribution is 2.45. The van der Waals surface area contributed by atoms with E-state index in [9.17, 15) is 35.9 Å². The van der Waals surface area contributed by atoms with Gasteiger partial charge in [0.2, 0.25) is 0 Å². The number of hydrogen-bond acceptors (Lipinski definition) is 6. The second kappa shape index (κ2) is 12.2. The average molecular weight is 600 g/mol. The van der Waals surface area contributed by atoms with Crippen LogP contribution in [0.1, 0.15) is 58.0 Å². The van der Waals surface area contributed by atoms with Gasteiger partial charge in [0.15, 0.2) is 17.8 Å². The van der Waals surface area contributed by atoms with Crippen LogP contribution >= 0.6 is 0 Å². The highest BCUT2D eigenvalue weighted by molar-refractivity contribution is 6.06. The average Bonchev–Trinajstić information content (AvgIpc) is 2.92. The molecule has 1 aliphatic carbocycles. The number of amides is 1. The van der Waals surface area contributed by atoms with Crippen molar-refractivity contribution < 1.29 is 54.5 Å². The van der Waals surface area contributed by atoms with Crippen LogP contribution in [0.15, 0.2) is 48.7 Å². The summed E-state index contributed by atoms with van der Waals surface area (Å²) in [6.07, 6.45) is -7.78. The summed E-state index contributed by atoms with van der Waals surface area (Å²) in [5.74, 6) is -5.46. The SMILES string of the molecule is COc1cc(OC(F)(F)F)ccc1Oc1cc(C2CCC(C(F)(F)F)CC2)cc(F)c1C(=O)Nc1ccnc(C=O)c1. The summed E-state index contributed by atoms with van der Waals surface area (Å²) in [5, 5.41) is 2.43. The number of aldehydes is 1. The maximum atomic E-state index is 15.6. The van der Waals surface area contributed by atoms with Gasteiger partial charge in [0.25, 0.3) is 5.91 Å². The molecule has 14 heteroatoms. The zero-order chi connectivity index (χ0) is 30.7. The van der Waals surface area contributed by atoms with Gasteiger partial charge in [-0.1, -0.05) is 0 Å². The number of benzene rings is 2. The Hall–Kier alpha value is -4.36. The molecule has 4 rings (SSSR count). The molecule has 1 amide bonds. The number of carbonyl (C=O) groups excluding carboxylic acids is 2. The van der Waals surface area contributed by atoms with Gasteiger partial charge in [-0.3, -0.25) is 14.6 Å². The van der Waals surface area contributed by atoms with Crippen molar-refractivity contribution in [2.24, 2.45) is 5.92 Å². The van der Waals surface area contributed by atoms with Gasteiger partial charge in [0.1, 0.15) is 28.6 Å². The largest absolute Gasteiger partial charge is 0.573 e. The Morgan fingerprint density at radius 1 is 0.952 bits per heavy atom. The number of methoxy groups -OCH3 is 1. The molecule has 0 saturated heterocycles. The Morgan fingerprint density at radius 3 is 2.29 bits per heavy atom.